The lowest BCUT2D eigenvalue weighted by Crippen LogP contribution is -2.37. The van der Waals surface area contributed by atoms with Gasteiger partial charge >= 0.3 is 11.9 Å². The molecule has 0 bridgehead atoms. The number of benzene rings is 1. The predicted octanol–water partition coefficient (Wildman–Crippen LogP) is 4.65. The Labute approximate surface area is 157 Å². The van der Waals surface area contributed by atoms with E-state index in [2.05, 4.69) is 26.0 Å². The van der Waals surface area contributed by atoms with Crippen LogP contribution in [0.25, 0.3) is 0 Å². The summed E-state index contributed by atoms with van der Waals surface area (Å²) in [6, 6.07) is 8.10. The van der Waals surface area contributed by atoms with Gasteiger partial charge in [-0.15, -0.1) is 0 Å². The number of hydrogen-bond acceptors (Lipinski definition) is 4. The van der Waals surface area contributed by atoms with Gasteiger partial charge in [0.2, 0.25) is 6.10 Å². The Bertz CT molecular complexity index is 585. The lowest BCUT2D eigenvalue weighted by atomic mass is 9.85. The molecule has 1 saturated carbocycles. The molecule has 1 aromatic carbocycles. The average molecular weight is 360 g/mol. The topological polar surface area (TPSA) is 52.6 Å². The summed E-state index contributed by atoms with van der Waals surface area (Å²) in [6.45, 7) is 6.20. The Balaban J connectivity index is 2.03. The molecule has 0 aromatic heterocycles. The SMILES string of the molecule is COC(=O)[C@H](OC(=O)[C@H](C)c1ccc(CC(C)C)cc1)C1CCCCC1. The Kier molecular flexibility index (Phi) is 7.67. The van der Waals surface area contributed by atoms with E-state index in [1.807, 2.05) is 19.1 Å². The fraction of sp³-hybridized carbons (Fsp3) is 0.636. The van der Waals surface area contributed by atoms with Crippen LogP contribution in [0.2, 0.25) is 0 Å². The molecule has 26 heavy (non-hydrogen) atoms. The van der Waals surface area contributed by atoms with E-state index < -0.39 is 18.0 Å². The summed E-state index contributed by atoms with van der Waals surface area (Å²) in [7, 11) is 1.35. The lowest BCUT2D eigenvalue weighted by Gasteiger charge is -2.28. The molecule has 0 radical (unpaired) electrons. The van der Waals surface area contributed by atoms with Crippen LogP contribution >= 0.6 is 0 Å². The molecule has 0 N–H and O–H groups in total. The molecule has 1 fully saturated rings. The zero-order valence-corrected chi connectivity index (χ0v) is 16.5. The third-order valence-corrected chi connectivity index (χ3v) is 5.23. The molecule has 0 unspecified atom stereocenters. The van der Waals surface area contributed by atoms with E-state index >= 15 is 0 Å². The molecule has 0 heterocycles. The van der Waals surface area contributed by atoms with Gasteiger partial charge in [0, 0.05) is 5.92 Å². The second-order valence-corrected chi connectivity index (χ2v) is 7.84. The summed E-state index contributed by atoms with van der Waals surface area (Å²) in [5.41, 5.74) is 2.17. The van der Waals surface area contributed by atoms with Gasteiger partial charge in [-0.2, -0.15) is 0 Å². The van der Waals surface area contributed by atoms with Gasteiger partial charge < -0.3 is 9.47 Å². The van der Waals surface area contributed by atoms with Gasteiger partial charge in [0.1, 0.15) is 0 Å². The number of esters is 2. The number of methoxy groups -OCH3 is 1. The van der Waals surface area contributed by atoms with Crippen LogP contribution in [0.1, 0.15) is 69.9 Å². The highest BCUT2D eigenvalue weighted by Gasteiger charge is 2.35. The van der Waals surface area contributed by atoms with E-state index in [1.165, 1.54) is 19.1 Å². The van der Waals surface area contributed by atoms with Crippen LogP contribution in [0.15, 0.2) is 24.3 Å². The van der Waals surface area contributed by atoms with Gasteiger partial charge in [-0.25, -0.2) is 4.79 Å². The first-order valence-electron chi connectivity index (χ1n) is 9.79. The summed E-state index contributed by atoms with van der Waals surface area (Å²) in [4.78, 5) is 24.8. The first-order chi connectivity index (χ1) is 12.4. The standard InChI is InChI=1S/C22H32O4/c1-15(2)14-17-10-12-18(13-11-17)16(3)21(23)26-20(22(24)25-4)19-8-6-5-7-9-19/h10-13,15-16,19-20H,5-9,14H2,1-4H3/t16-,20-/m1/s1. The number of carbonyl (C=O) groups excluding carboxylic acids is 2. The van der Waals surface area contributed by atoms with Gasteiger partial charge in [-0.05, 0) is 43.2 Å². The molecule has 0 amide bonds. The number of hydrogen-bond donors (Lipinski definition) is 0. The summed E-state index contributed by atoms with van der Waals surface area (Å²) in [5.74, 6) is -0.536. The molecule has 1 aromatic rings. The van der Waals surface area contributed by atoms with E-state index in [9.17, 15) is 9.59 Å². The Morgan fingerprint density at radius 1 is 1.00 bits per heavy atom. The maximum absolute atomic E-state index is 12.6. The molecule has 2 atom stereocenters. The molecule has 4 nitrogen and oxygen atoms in total. The van der Waals surface area contributed by atoms with Crippen molar-refractivity contribution in [3.8, 4) is 0 Å². The fourth-order valence-corrected chi connectivity index (χ4v) is 3.67. The highest BCUT2D eigenvalue weighted by Crippen LogP contribution is 2.30. The highest BCUT2D eigenvalue weighted by atomic mass is 16.6. The summed E-state index contributed by atoms with van der Waals surface area (Å²) >= 11 is 0. The minimum absolute atomic E-state index is 0.0702. The molecular formula is C22H32O4. The third kappa shape index (κ3) is 5.58. The molecule has 0 spiro atoms. The van der Waals surface area contributed by atoms with Crippen LogP contribution < -0.4 is 0 Å². The number of ether oxygens (including phenoxy) is 2. The van der Waals surface area contributed by atoms with Gasteiger partial charge in [-0.3, -0.25) is 4.79 Å². The molecule has 144 valence electrons. The van der Waals surface area contributed by atoms with Gasteiger partial charge in [-0.1, -0.05) is 57.4 Å². The molecule has 1 aliphatic carbocycles. The predicted molar refractivity (Wildman–Crippen MR) is 102 cm³/mol. The molecule has 0 aliphatic heterocycles. The quantitative estimate of drug-likeness (QED) is 0.664. The van der Waals surface area contributed by atoms with E-state index in [1.54, 1.807) is 0 Å². The Morgan fingerprint density at radius 3 is 2.15 bits per heavy atom. The van der Waals surface area contributed by atoms with Crippen LogP contribution in [-0.2, 0) is 25.5 Å². The van der Waals surface area contributed by atoms with Gasteiger partial charge in [0.15, 0.2) is 0 Å². The molecule has 2 rings (SSSR count). The van der Waals surface area contributed by atoms with Crippen LogP contribution in [0.3, 0.4) is 0 Å². The van der Waals surface area contributed by atoms with E-state index in [-0.39, 0.29) is 11.9 Å². The van der Waals surface area contributed by atoms with Crippen molar-refractivity contribution in [1.29, 1.82) is 0 Å². The van der Waals surface area contributed by atoms with Crippen molar-refractivity contribution >= 4 is 11.9 Å². The zero-order chi connectivity index (χ0) is 19.1. The first kappa shape index (κ1) is 20.5. The second-order valence-electron chi connectivity index (χ2n) is 7.84. The van der Waals surface area contributed by atoms with Crippen molar-refractivity contribution in [1.82, 2.24) is 0 Å². The summed E-state index contributed by atoms with van der Waals surface area (Å²) in [6.07, 6.45) is 5.38. The van der Waals surface area contributed by atoms with Crippen molar-refractivity contribution in [2.45, 2.75) is 71.3 Å². The normalized spacial score (nSPS) is 17.6. The van der Waals surface area contributed by atoms with E-state index in [0.717, 1.165) is 37.7 Å². The number of carbonyl (C=O) groups is 2. The summed E-state index contributed by atoms with van der Waals surface area (Å²) < 4.78 is 10.5. The van der Waals surface area contributed by atoms with E-state index in [4.69, 9.17) is 9.47 Å². The van der Waals surface area contributed by atoms with Crippen molar-refractivity contribution in [2.75, 3.05) is 7.11 Å². The second kappa shape index (κ2) is 9.75. The molecule has 0 saturated heterocycles. The fourth-order valence-electron chi connectivity index (χ4n) is 3.67. The maximum Gasteiger partial charge on any atom is 0.347 e. The number of rotatable bonds is 7. The largest absolute Gasteiger partial charge is 0.466 e. The van der Waals surface area contributed by atoms with Gasteiger partial charge in [0.25, 0.3) is 0 Å². The highest BCUT2D eigenvalue weighted by molar-refractivity contribution is 5.83. The first-order valence-corrected chi connectivity index (χ1v) is 9.79. The van der Waals surface area contributed by atoms with Crippen molar-refractivity contribution in [2.24, 2.45) is 11.8 Å². The van der Waals surface area contributed by atoms with Crippen molar-refractivity contribution in [3.05, 3.63) is 35.4 Å². The third-order valence-electron chi connectivity index (χ3n) is 5.23. The zero-order valence-electron chi connectivity index (χ0n) is 16.5. The minimum atomic E-state index is -0.782. The van der Waals surface area contributed by atoms with Crippen molar-refractivity contribution in [3.63, 3.8) is 0 Å². The Hall–Kier alpha value is -1.84. The maximum atomic E-state index is 12.6. The summed E-state index contributed by atoms with van der Waals surface area (Å²) in [5, 5.41) is 0. The van der Waals surface area contributed by atoms with E-state index in [0.29, 0.717) is 5.92 Å². The molecular weight excluding hydrogens is 328 g/mol. The molecule has 4 heteroatoms. The average Bonchev–Trinajstić information content (AvgIpc) is 2.65. The smallest absolute Gasteiger partial charge is 0.347 e. The lowest BCUT2D eigenvalue weighted by molar-refractivity contribution is -0.171. The van der Waals surface area contributed by atoms with Crippen LogP contribution in [-0.4, -0.2) is 25.2 Å². The van der Waals surface area contributed by atoms with Gasteiger partial charge in [0.05, 0.1) is 13.0 Å². The monoisotopic (exact) mass is 360 g/mol. The molecule has 1 aliphatic rings. The van der Waals surface area contributed by atoms with Crippen LogP contribution in [0, 0.1) is 11.8 Å². The van der Waals surface area contributed by atoms with Crippen molar-refractivity contribution < 1.29 is 19.1 Å². The van der Waals surface area contributed by atoms with Crippen LogP contribution in [0.4, 0.5) is 0 Å². The minimum Gasteiger partial charge on any atom is -0.466 e. The van der Waals surface area contributed by atoms with Crippen LogP contribution in [0.5, 0.6) is 0 Å². The Morgan fingerprint density at radius 2 is 1.62 bits per heavy atom.